The molecule has 0 aromatic heterocycles. The van der Waals surface area contributed by atoms with Crippen LogP contribution in [0.25, 0.3) is 0 Å². The second-order valence-electron chi connectivity index (χ2n) is 3.03. The zero-order valence-electron chi connectivity index (χ0n) is 8.82. The molecular weight excluding hydrogens is 226 g/mol. The molecule has 0 heterocycles. The van der Waals surface area contributed by atoms with Gasteiger partial charge in [-0.05, 0) is 18.3 Å². The van der Waals surface area contributed by atoms with Gasteiger partial charge in [0.25, 0.3) is 0 Å². The van der Waals surface area contributed by atoms with Crippen LogP contribution in [-0.4, -0.2) is 18.1 Å². The molecule has 0 fully saturated rings. The predicted octanol–water partition coefficient (Wildman–Crippen LogP) is 0.102. The summed E-state index contributed by atoms with van der Waals surface area (Å²) in [7, 11) is 1.56. The third kappa shape index (κ3) is 3.74. The van der Waals surface area contributed by atoms with Crippen LogP contribution in [0.1, 0.15) is 5.56 Å². The summed E-state index contributed by atoms with van der Waals surface area (Å²) in [5.74, 6) is 0.435. The second-order valence-corrected chi connectivity index (χ2v) is 3.47. The Morgan fingerprint density at radius 2 is 2.12 bits per heavy atom. The predicted molar refractivity (Wildman–Crippen MR) is 64.8 cm³/mol. The fraction of sp³-hybridized carbons (Fsp3) is 0.200. The Kier molecular flexibility index (Phi) is 4.53. The molecule has 1 aromatic carbocycles. The number of hydrogen-bond donors (Lipinski definition) is 3. The lowest BCUT2D eigenvalue weighted by molar-refractivity contribution is -0.121. The fourth-order valence-electron chi connectivity index (χ4n) is 1.20. The van der Waals surface area contributed by atoms with Gasteiger partial charge in [0, 0.05) is 5.56 Å². The number of rotatable bonds is 3. The van der Waals surface area contributed by atoms with Gasteiger partial charge in [-0.25, -0.2) is 0 Å². The first-order chi connectivity index (χ1) is 7.63. The molecule has 0 atom stereocenters. The largest absolute Gasteiger partial charge is 0.496 e. The summed E-state index contributed by atoms with van der Waals surface area (Å²) in [5, 5.41) is 0.0216. The van der Waals surface area contributed by atoms with Crippen molar-refractivity contribution >= 4 is 23.2 Å². The zero-order valence-corrected chi connectivity index (χ0v) is 9.64. The molecule has 5 nitrogen and oxygen atoms in total. The van der Waals surface area contributed by atoms with E-state index in [0.29, 0.717) is 5.75 Å². The number of nitrogens with two attached hydrogens (primary N) is 1. The van der Waals surface area contributed by atoms with E-state index < -0.39 is 0 Å². The molecule has 0 spiro atoms. The van der Waals surface area contributed by atoms with Gasteiger partial charge in [-0.3, -0.25) is 15.6 Å². The van der Waals surface area contributed by atoms with Crippen molar-refractivity contribution in [2.45, 2.75) is 6.42 Å². The minimum atomic E-state index is -0.239. The second kappa shape index (κ2) is 5.92. The minimum absolute atomic E-state index is 0.0216. The number of para-hydroxylation sites is 1. The first-order valence-corrected chi connectivity index (χ1v) is 5.00. The smallest absolute Gasteiger partial charge is 0.242 e. The maximum atomic E-state index is 11.4. The molecule has 0 aliphatic heterocycles. The summed E-state index contributed by atoms with van der Waals surface area (Å²) in [6.07, 6.45) is 0.194. The lowest BCUT2D eigenvalue weighted by atomic mass is 10.1. The summed E-state index contributed by atoms with van der Waals surface area (Å²) in [6, 6.07) is 7.29. The first kappa shape index (κ1) is 12.3. The van der Waals surface area contributed by atoms with Crippen LogP contribution in [0, 0.1) is 0 Å². The molecule has 0 unspecified atom stereocenters. The highest BCUT2D eigenvalue weighted by Crippen LogP contribution is 2.17. The molecule has 0 bridgehead atoms. The van der Waals surface area contributed by atoms with E-state index in [0.717, 1.165) is 5.56 Å². The van der Waals surface area contributed by atoms with E-state index in [9.17, 15) is 4.79 Å². The van der Waals surface area contributed by atoms with E-state index in [-0.39, 0.29) is 17.4 Å². The topological polar surface area (TPSA) is 76.4 Å². The van der Waals surface area contributed by atoms with Crippen molar-refractivity contribution in [3.8, 4) is 5.75 Å². The van der Waals surface area contributed by atoms with Crippen LogP contribution in [-0.2, 0) is 11.2 Å². The lowest BCUT2D eigenvalue weighted by Gasteiger charge is -2.09. The number of carbonyl (C=O) groups excluding carboxylic acids is 1. The minimum Gasteiger partial charge on any atom is -0.496 e. The number of methoxy groups -OCH3 is 1. The number of hydrazine groups is 1. The molecule has 16 heavy (non-hydrogen) atoms. The third-order valence-corrected chi connectivity index (χ3v) is 1.97. The number of hydrogen-bond acceptors (Lipinski definition) is 3. The van der Waals surface area contributed by atoms with Crippen LogP contribution in [0.2, 0.25) is 0 Å². The van der Waals surface area contributed by atoms with Crippen LogP contribution in [0.5, 0.6) is 5.75 Å². The Labute approximate surface area is 98.9 Å². The van der Waals surface area contributed by atoms with Gasteiger partial charge in [0.2, 0.25) is 5.91 Å². The summed E-state index contributed by atoms with van der Waals surface area (Å²) in [5.41, 5.74) is 10.7. The van der Waals surface area contributed by atoms with Crippen molar-refractivity contribution in [3.05, 3.63) is 29.8 Å². The van der Waals surface area contributed by atoms with Crippen LogP contribution in [0.3, 0.4) is 0 Å². The van der Waals surface area contributed by atoms with Crippen LogP contribution in [0.15, 0.2) is 24.3 Å². The van der Waals surface area contributed by atoms with Crippen molar-refractivity contribution in [2.24, 2.45) is 5.73 Å². The van der Waals surface area contributed by atoms with Crippen LogP contribution < -0.4 is 21.3 Å². The molecule has 0 saturated heterocycles. The monoisotopic (exact) mass is 239 g/mol. The van der Waals surface area contributed by atoms with Crippen molar-refractivity contribution in [3.63, 3.8) is 0 Å². The Balaban J connectivity index is 2.58. The highest BCUT2D eigenvalue weighted by molar-refractivity contribution is 7.80. The van der Waals surface area contributed by atoms with Gasteiger partial charge in [0.1, 0.15) is 5.75 Å². The lowest BCUT2D eigenvalue weighted by Crippen LogP contribution is -2.44. The molecule has 0 aliphatic carbocycles. The Bertz CT molecular complexity index is 395. The Morgan fingerprint density at radius 3 is 2.75 bits per heavy atom. The summed E-state index contributed by atoms with van der Waals surface area (Å²) in [6.45, 7) is 0. The van der Waals surface area contributed by atoms with E-state index in [1.165, 1.54) is 0 Å². The maximum Gasteiger partial charge on any atom is 0.242 e. The van der Waals surface area contributed by atoms with Crippen molar-refractivity contribution in [2.75, 3.05) is 7.11 Å². The van der Waals surface area contributed by atoms with Crippen molar-refractivity contribution in [1.29, 1.82) is 0 Å². The number of amides is 1. The third-order valence-electron chi connectivity index (χ3n) is 1.87. The number of benzene rings is 1. The van der Waals surface area contributed by atoms with E-state index in [1.807, 2.05) is 18.2 Å². The van der Waals surface area contributed by atoms with E-state index in [2.05, 4.69) is 23.1 Å². The number of nitrogens with one attached hydrogen (secondary N) is 2. The van der Waals surface area contributed by atoms with Crippen molar-refractivity contribution in [1.82, 2.24) is 10.9 Å². The molecule has 0 radical (unpaired) electrons. The molecular formula is C10H13N3O2S. The maximum absolute atomic E-state index is 11.4. The normalized spacial score (nSPS) is 9.31. The van der Waals surface area contributed by atoms with Gasteiger partial charge >= 0.3 is 0 Å². The highest BCUT2D eigenvalue weighted by Gasteiger charge is 2.07. The molecule has 4 N–H and O–H groups in total. The number of carbonyl (C=O) groups is 1. The van der Waals surface area contributed by atoms with Gasteiger partial charge in [-0.2, -0.15) is 0 Å². The van der Waals surface area contributed by atoms with Crippen LogP contribution >= 0.6 is 12.2 Å². The molecule has 1 aromatic rings. The molecule has 0 saturated carbocycles. The molecule has 1 rings (SSSR count). The van der Waals surface area contributed by atoms with E-state index in [4.69, 9.17) is 10.5 Å². The van der Waals surface area contributed by atoms with Gasteiger partial charge in [0.05, 0.1) is 13.5 Å². The molecule has 6 heteroatoms. The van der Waals surface area contributed by atoms with Crippen molar-refractivity contribution < 1.29 is 9.53 Å². The summed E-state index contributed by atoms with van der Waals surface area (Å²) in [4.78, 5) is 11.4. The Morgan fingerprint density at radius 1 is 1.44 bits per heavy atom. The van der Waals surface area contributed by atoms with E-state index in [1.54, 1.807) is 13.2 Å². The molecule has 86 valence electrons. The molecule has 0 aliphatic rings. The number of ether oxygens (including phenoxy) is 1. The van der Waals surface area contributed by atoms with Crippen LogP contribution in [0.4, 0.5) is 0 Å². The van der Waals surface area contributed by atoms with Gasteiger partial charge in [-0.1, -0.05) is 18.2 Å². The van der Waals surface area contributed by atoms with E-state index >= 15 is 0 Å². The summed E-state index contributed by atoms with van der Waals surface area (Å²) >= 11 is 4.55. The van der Waals surface area contributed by atoms with Gasteiger partial charge < -0.3 is 10.5 Å². The highest BCUT2D eigenvalue weighted by atomic mass is 32.1. The zero-order chi connectivity index (χ0) is 12.0. The quantitative estimate of drug-likeness (QED) is 0.515. The Hall–Kier alpha value is -1.82. The summed E-state index contributed by atoms with van der Waals surface area (Å²) < 4.78 is 5.12. The molecule has 1 amide bonds. The van der Waals surface area contributed by atoms with Gasteiger partial charge in [0.15, 0.2) is 5.11 Å². The number of thiocarbonyl (C=S) groups is 1. The average Bonchev–Trinajstić information content (AvgIpc) is 2.27. The fourth-order valence-corrected chi connectivity index (χ4v) is 1.25. The SMILES string of the molecule is COc1ccccc1CC(=O)NNC(N)=S. The standard InChI is InChI=1S/C10H13N3O2S/c1-15-8-5-3-2-4-7(8)6-9(14)12-13-10(11)16/h2-5H,6H2,1H3,(H,12,14)(H3,11,13,16). The average molecular weight is 239 g/mol. The first-order valence-electron chi connectivity index (χ1n) is 4.59. The van der Waals surface area contributed by atoms with Gasteiger partial charge in [-0.15, -0.1) is 0 Å².